The van der Waals surface area contributed by atoms with Crippen molar-refractivity contribution in [3.8, 4) is 17.2 Å². The number of nitrogens with one attached hydrogen (secondary N) is 2. The fourth-order valence-corrected chi connectivity index (χ4v) is 5.26. The van der Waals surface area contributed by atoms with Crippen LogP contribution in [0.5, 0.6) is 17.2 Å². The summed E-state index contributed by atoms with van der Waals surface area (Å²) >= 11 is 0. The summed E-state index contributed by atoms with van der Waals surface area (Å²) in [6.07, 6.45) is -0.387. The number of anilines is 2. The first-order valence-electron chi connectivity index (χ1n) is 12.5. The molecule has 0 aliphatic heterocycles. The molecule has 4 rings (SSSR count). The lowest BCUT2D eigenvalue weighted by molar-refractivity contribution is -0.150. The molecule has 0 spiro atoms. The van der Waals surface area contributed by atoms with Gasteiger partial charge < -0.3 is 30.0 Å². The summed E-state index contributed by atoms with van der Waals surface area (Å²) in [5.74, 6) is -3.79. The van der Waals surface area contributed by atoms with Crippen LogP contribution in [0.2, 0.25) is 0 Å². The van der Waals surface area contributed by atoms with Crippen LogP contribution < -0.4 is 24.8 Å². The quantitative estimate of drug-likeness (QED) is 0.374. The maximum Gasteiger partial charge on any atom is 0.235 e. The third kappa shape index (κ3) is 5.73. The van der Waals surface area contributed by atoms with Gasteiger partial charge in [0.1, 0.15) is 28.9 Å². The monoisotopic (exact) mass is 532 g/mol. The molecule has 3 N–H and O–H groups in total. The fourth-order valence-electron chi connectivity index (χ4n) is 5.26. The van der Waals surface area contributed by atoms with Gasteiger partial charge in [0, 0.05) is 12.3 Å². The fraction of sp³-hybridized carbons (Fsp3) is 0.300. The number of ether oxygens (including phenoxy) is 3. The zero-order chi connectivity index (χ0) is 28.2. The van der Waals surface area contributed by atoms with Gasteiger partial charge in [-0.2, -0.15) is 0 Å². The normalized spacial score (nSPS) is 22.5. The maximum absolute atomic E-state index is 13.9. The first-order valence-corrected chi connectivity index (χ1v) is 12.5. The molecule has 0 aromatic heterocycles. The third-order valence-corrected chi connectivity index (χ3v) is 7.04. The standard InChI is InChI=1S/C30H32N2O7/c1-30(36)17-22(33)26(28(34)31-20-12-5-7-14-23(20)38-3)25(18-10-9-11-19(16-18)37-2)27(30)29(35)32-21-13-6-8-15-24(21)39-4/h5-16,25-27,36H,17H2,1-4H3,(H,31,34)(H,32,35). The highest BCUT2D eigenvalue weighted by molar-refractivity contribution is 6.11. The van der Waals surface area contributed by atoms with Crippen molar-refractivity contribution in [1.29, 1.82) is 0 Å². The van der Waals surface area contributed by atoms with Gasteiger partial charge in [0.2, 0.25) is 11.8 Å². The molecular weight excluding hydrogens is 500 g/mol. The van der Waals surface area contributed by atoms with Gasteiger partial charge in [0.25, 0.3) is 0 Å². The third-order valence-electron chi connectivity index (χ3n) is 7.04. The highest BCUT2D eigenvalue weighted by Gasteiger charge is 2.56. The van der Waals surface area contributed by atoms with Crippen LogP contribution in [-0.4, -0.2) is 49.6 Å². The van der Waals surface area contributed by atoms with Gasteiger partial charge in [-0.25, -0.2) is 0 Å². The van der Waals surface area contributed by atoms with E-state index >= 15 is 0 Å². The Morgan fingerprint density at radius 3 is 1.95 bits per heavy atom. The molecule has 2 amide bonds. The van der Waals surface area contributed by atoms with Crippen molar-refractivity contribution >= 4 is 29.0 Å². The number of benzene rings is 3. The van der Waals surface area contributed by atoms with Crippen molar-refractivity contribution in [2.75, 3.05) is 32.0 Å². The van der Waals surface area contributed by atoms with E-state index in [4.69, 9.17) is 14.2 Å². The molecule has 4 unspecified atom stereocenters. The molecule has 39 heavy (non-hydrogen) atoms. The lowest BCUT2D eigenvalue weighted by Gasteiger charge is -2.44. The summed E-state index contributed by atoms with van der Waals surface area (Å²) in [5.41, 5.74) is -0.465. The van der Waals surface area contributed by atoms with Crippen LogP contribution in [0.1, 0.15) is 24.8 Å². The van der Waals surface area contributed by atoms with Gasteiger partial charge in [-0.05, 0) is 48.9 Å². The second-order valence-corrected chi connectivity index (χ2v) is 9.64. The number of carbonyl (C=O) groups excluding carboxylic acids is 3. The van der Waals surface area contributed by atoms with Crippen molar-refractivity contribution < 1.29 is 33.7 Å². The molecule has 0 radical (unpaired) electrons. The number of aliphatic hydroxyl groups is 1. The predicted octanol–water partition coefficient (Wildman–Crippen LogP) is 4.03. The zero-order valence-electron chi connectivity index (χ0n) is 22.3. The number of rotatable bonds is 8. The number of carbonyl (C=O) groups is 3. The molecule has 3 aromatic carbocycles. The zero-order valence-corrected chi connectivity index (χ0v) is 22.3. The Morgan fingerprint density at radius 1 is 0.821 bits per heavy atom. The van der Waals surface area contributed by atoms with Crippen LogP contribution in [-0.2, 0) is 14.4 Å². The Bertz CT molecular complexity index is 1370. The summed E-state index contributed by atoms with van der Waals surface area (Å²) < 4.78 is 16.1. The van der Waals surface area contributed by atoms with Gasteiger partial charge in [-0.15, -0.1) is 0 Å². The molecular formula is C30H32N2O7. The largest absolute Gasteiger partial charge is 0.497 e. The minimum Gasteiger partial charge on any atom is -0.497 e. The van der Waals surface area contributed by atoms with Crippen molar-refractivity contribution in [3.05, 3.63) is 78.4 Å². The molecule has 0 bridgehead atoms. The van der Waals surface area contributed by atoms with E-state index in [0.29, 0.717) is 34.2 Å². The molecule has 4 atom stereocenters. The average molecular weight is 533 g/mol. The lowest BCUT2D eigenvalue weighted by Crippen LogP contribution is -2.56. The summed E-state index contributed by atoms with van der Waals surface area (Å²) in [5, 5.41) is 17.1. The van der Waals surface area contributed by atoms with Crippen molar-refractivity contribution in [2.24, 2.45) is 11.8 Å². The highest BCUT2D eigenvalue weighted by atomic mass is 16.5. The predicted molar refractivity (Wildman–Crippen MR) is 146 cm³/mol. The van der Waals surface area contributed by atoms with Gasteiger partial charge in [-0.1, -0.05) is 36.4 Å². The van der Waals surface area contributed by atoms with Crippen LogP contribution >= 0.6 is 0 Å². The van der Waals surface area contributed by atoms with Crippen LogP contribution in [0.25, 0.3) is 0 Å². The molecule has 3 aromatic rings. The molecule has 9 heteroatoms. The van der Waals surface area contributed by atoms with E-state index < -0.39 is 41.0 Å². The molecule has 1 fully saturated rings. The minimum absolute atomic E-state index is 0.384. The second kappa shape index (κ2) is 11.6. The lowest BCUT2D eigenvalue weighted by atomic mass is 9.61. The number of Topliss-reactive ketones (excluding diaryl/α,β-unsaturated/α-hetero) is 1. The first kappa shape index (κ1) is 27.7. The molecule has 9 nitrogen and oxygen atoms in total. The van der Waals surface area contributed by atoms with Crippen molar-refractivity contribution in [1.82, 2.24) is 0 Å². The number of amides is 2. The number of hydrogen-bond acceptors (Lipinski definition) is 7. The van der Waals surface area contributed by atoms with E-state index in [1.54, 1.807) is 72.8 Å². The summed E-state index contributed by atoms with van der Waals surface area (Å²) in [7, 11) is 4.46. The van der Waals surface area contributed by atoms with Gasteiger partial charge in [0.15, 0.2) is 0 Å². The highest BCUT2D eigenvalue weighted by Crippen LogP contribution is 2.47. The Balaban J connectivity index is 1.80. The van der Waals surface area contributed by atoms with Crippen molar-refractivity contribution in [3.63, 3.8) is 0 Å². The van der Waals surface area contributed by atoms with E-state index in [9.17, 15) is 19.5 Å². The van der Waals surface area contributed by atoms with E-state index in [2.05, 4.69) is 10.6 Å². The Hall–Kier alpha value is -4.37. The van der Waals surface area contributed by atoms with E-state index in [-0.39, 0.29) is 6.42 Å². The Morgan fingerprint density at radius 2 is 1.38 bits per heavy atom. The average Bonchev–Trinajstić information content (AvgIpc) is 2.92. The molecule has 1 aliphatic rings. The Labute approximate surface area is 227 Å². The molecule has 1 saturated carbocycles. The van der Waals surface area contributed by atoms with Crippen molar-refractivity contribution in [2.45, 2.75) is 24.9 Å². The van der Waals surface area contributed by atoms with Crippen LogP contribution in [0.4, 0.5) is 11.4 Å². The van der Waals surface area contributed by atoms with Crippen LogP contribution in [0, 0.1) is 11.8 Å². The van der Waals surface area contributed by atoms with Crippen LogP contribution in [0.15, 0.2) is 72.8 Å². The van der Waals surface area contributed by atoms with E-state index in [1.807, 2.05) is 0 Å². The summed E-state index contributed by atoms with van der Waals surface area (Å²) in [4.78, 5) is 41.2. The molecule has 1 aliphatic carbocycles. The van der Waals surface area contributed by atoms with Gasteiger partial charge >= 0.3 is 0 Å². The van der Waals surface area contributed by atoms with Gasteiger partial charge in [-0.3, -0.25) is 14.4 Å². The smallest absolute Gasteiger partial charge is 0.235 e. The number of methoxy groups -OCH3 is 3. The van der Waals surface area contributed by atoms with Crippen LogP contribution in [0.3, 0.4) is 0 Å². The first-order chi connectivity index (χ1) is 18.7. The van der Waals surface area contributed by atoms with E-state index in [0.717, 1.165) is 0 Å². The minimum atomic E-state index is -1.75. The Kier molecular flexibility index (Phi) is 8.21. The molecule has 204 valence electrons. The molecule has 0 saturated heterocycles. The maximum atomic E-state index is 13.9. The summed E-state index contributed by atoms with van der Waals surface area (Å²) in [6.45, 7) is 1.44. The van der Waals surface area contributed by atoms with E-state index in [1.165, 1.54) is 28.3 Å². The molecule has 0 heterocycles. The summed E-state index contributed by atoms with van der Waals surface area (Å²) in [6, 6.07) is 20.5. The second-order valence-electron chi connectivity index (χ2n) is 9.64. The number of ketones is 1. The number of para-hydroxylation sites is 4. The SMILES string of the molecule is COc1cccc(C2C(C(=O)Nc3ccccc3OC)C(=O)CC(C)(O)C2C(=O)Nc2ccccc2OC)c1. The topological polar surface area (TPSA) is 123 Å². The number of hydrogen-bond donors (Lipinski definition) is 3. The van der Waals surface area contributed by atoms with Gasteiger partial charge in [0.05, 0.1) is 44.2 Å².